The molecule has 0 atom stereocenters. The first-order valence-electron chi connectivity index (χ1n) is 5.68. The van der Waals surface area contributed by atoms with Crippen LogP contribution in [0.3, 0.4) is 0 Å². The molecule has 1 heterocycles. The molecular weight excluding hydrogens is 246 g/mol. The normalized spacial score (nSPS) is 18.6. The van der Waals surface area contributed by atoms with Gasteiger partial charge in [0.05, 0.1) is 19.5 Å². The van der Waals surface area contributed by atoms with Crippen LogP contribution in [0.1, 0.15) is 19.3 Å². The van der Waals surface area contributed by atoms with Crippen LogP contribution in [0.25, 0.3) is 0 Å². The zero-order chi connectivity index (χ0) is 12.7. The lowest BCUT2D eigenvalue weighted by atomic mass is 10.3. The highest BCUT2D eigenvalue weighted by Crippen LogP contribution is 2.09. The number of nitrogens with zero attached hydrogens (tertiary/aromatic N) is 1. The van der Waals surface area contributed by atoms with Crippen molar-refractivity contribution in [3.63, 3.8) is 0 Å². The smallest absolute Gasteiger partial charge is 0.305 e. The summed E-state index contributed by atoms with van der Waals surface area (Å²) < 4.78 is 35.0. The molecule has 6 nitrogen and oxygen atoms in total. The average molecular weight is 265 g/mol. The Bertz CT molecular complexity index is 333. The summed E-state index contributed by atoms with van der Waals surface area (Å²) in [5.41, 5.74) is 0. The van der Waals surface area contributed by atoms with Gasteiger partial charge in [-0.25, -0.2) is 8.42 Å². The van der Waals surface area contributed by atoms with Crippen LogP contribution in [0.2, 0.25) is 0 Å². The van der Waals surface area contributed by atoms with Gasteiger partial charge in [0.2, 0.25) is 10.0 Å². The second kappa shape index (κ2) is 6.93. The van der Waals surface area contributed by atoms with Crippen molar-refractivity contribution in [3.05, 3.63) is 0 Å². The highest BCUT2D eigenvalue weighted by molar-refractivity contribution is 7.89. The number of esters is 1. The highest BCUT2D eigenvalue weighted by Gasteiger charge is 2.22. The van der Waals surface area contributed by atoms with Crippen LogP contribution in [0, 0.1) is 0 Å². The van der Waals surface area contributed by atoms with Crippen molar-refractivity contribution in [2.24, 2.45) is 0 Å². The number of ether oxygens (including phenoxy) is 2. The minimum Gasteiger partial charge on any atom is -0.469 e. The molecule has 0 bridgehead atoms. The van der Waals surface area contributed by atoms with Crippen molar-refractivity contribution in [1.82, 2.24) is 4.31 Å². The molecule has 0 N–H and O–H groups in total. The molecule has 0 aromatic rings. The molecule has 1 aliphatic rings. The van der Waals surface area contributed by atoms with Crippen LogP contribution in [-0.2, 0) is 24.3 Å². The number of hydrogen-bond acceptors (Lipinski definition) is 5. The molecule has 1 fully saturated rings. The van der Waals surface area contributed by atoms with Gasteiger partial charge in [-0.2, -0.15) is 4.31 Å². The molecule has 100 valence electrons. The molecular formula is C10H19NO5S. The third kappa shape index (κ3) is 5.01. The first kappa shape index (κ1) is 14.4. The number of sulfonamides is 1. The summed E-state index contributed by atoms with van der Waals surface area (Å²) in [6.07, 6.45) is 1.16. The van der Waals surface area contributed by atoms with Crippen molar-refractivity contribution in [3.8, 4) is 0 Å². The fraction of sp³-hybridized carbons (Fsp3) is 0.900. The number of rotatable bonds is 5. The standard InChI is InChI=1S/C10H19NO5S/c1-15-10(12)4-2-9-17(13,14)11-5-3-7-16-8-6-11/h2-9H2,1H3. The largest absolute Gasteiger partial charge is 0.469 e. The van der Waals surface area contributed by atoms with E-state index in [4.69, 9.17) is 4.74 Å². The summed E-state index contributed by atoms with van der Waals surface area (Å²) in [6, 6.07) is 0. The van der Waals surface area contributed by atoms with Gasteiger partial charge in [0.1, 0.15) is 0 Å². The molecule has 1 saturated heterocycles. The Hall–Kier alpha value is -0.660. The van der Waals surface area contributed by atoms with Crippen LogP contribution in [0.4, 0.5) is 0 Å². The predicted molar refractivity (Wildman–Crippen MR) is 62.0 cm³/mol. The van der Waals surface area contributed by atoms with E-state index in [1.807, 2.05) is 0 Å². The van der Waals surface area contributed by atoms with Crippen LogP contribution < -0.4 is 0 Å². The summed E-state index contributed by atoms with van der Waals surface area (Å²) in [5, 5.41) is 0. The van der Waals surface area contributed by atoms with Crippen LogP contribution in [0.5, 0.6) is 0 Å². The Morgan fingerprint density at radius 2 is 2.12 bits per heavy atom. The summed E-state index contributed by atoms with van der Waals surface area (Å²) >= 11 is 0. The minimum absolute atomic E-state index is 0.0118. The van der Waals surface area contributed by atoms with Crippen molar-refractivity contribution in [2.75, 3.05) is 39.2 Å². The highest BCUT2D eigenvalue weighted by atomic mass is 32.2. The van der Waals surface area contributed by atoms with E-state index in [2.05, 4.69) is 4.74 Å². The van der Waals surface area contributed by atoms with Crippen LogP contribution >= 0.6 is 0 Å². The van der Waals surface area contributed by atoms with Crippen molar-refractivity contribution < 1.29 is 22.7 Å². The molecule has 0 amide bonds. The summed E-state index contributed by atoms with van der Waals surface area (Å²) in [6.45, 7) is 1.95. The molecule has 0 aromatic heterocycles. The molecule has 0 aromatic carbocycles. The van der Waals surface area contributed by atoms with E-state index in [9.17, 15) is 13.2 Å². The summed E-state index contributed by atoms with van der Waals surface area (Å²) in [4.78, 5) is 10.9. The van der Waals surface area contributed by atoms with E-state index in [-0.39, 0.29) is 18.1 Å². The molecule has 0 unspecified atom stereocenters. The van der Waals surface area contributed by atoms with Crippen LogP contribution in [-0.4, -0.2) is 57.9 Å². The minimum atomic E-state index is -3.27. The number of hydrogen-bond donors (Lipinski definition) is 0. The maximum atomic E-state index is 11.9. The molecule has 1 rings (SSSR count). The predicted octanol–water partition coefficient (Wildman–Crippen LogP) is -0.00830. The van der Waals surface area contributed by atoms with Crippen LogP contribution in [0.15, 0.2) is 0 Å². The molecule has 0 saturated carbocycles. The number of carbonyl (C=O) groups excluding carboxylic acids is 1. The molecule has 0 radical (unpaired) electrons. The summed E-state index contributed by atoms with van der Waals surface area (Å²) in [5.74, 6) is -0.387. The van der Waals surface area contributed by atoms with Gasteiger partial charge >= 0.3 is 5.97 Å². The van der Waals surface area contributed by atoms with E-state index in [1.54, 1.807) is 0 Å². The molecule has 0 aliphatic carbocycles. The molecule has 17 heavy (non-hydrogen) atoms. The summed E-state index contributed by atoms with van der Waals surface area (Å²) in [7, 11) is -1.97. The van der Waals surface area contributed by atoms with E-state index in [0.29, 0.717) is 32.7 Å². The van der Waals surface area contributed by atoms with E-state index in [0.717, 1.165) is 6.42 Å². The van der Waals surface area contributed by atoms with Gasteiger partial charge in [0.25, 0.3) is 0 Å². The first-order valence-corrected chi connectivity index (χ1v) is 7.29. The van der Waals surface area contributed by atoms with Gasteiger partial charge in [0.15, 0.2) is 0 Å². The maximum absolute atomic E-state index is 11.9. The quantitative estimate of drug-likeness (QED) is 0.654. The lowest BCUT2D eigenvalue weighted by Crippen LogP contribution is -2.35. The third-order valence-electron chi connectivity index (χ3n) is 2.59. The zero-order valence-electron chi connectivity index (χ0n) is 10.1. The SMILES string of the molecule is COC(=O)CCCS(=O)(=O)N1CCCOCC1. The fourth-order valence-corrected chi connectivity index (χ4v) is 3.16. The Balaban J connectivity index is 2.41. The topological polar surface area (TPSA) is 72.9 Å². The van der Waals surface area contributed by atoms with Gasteiger partial charge in [-0.3, -0.25) is 4.79 Å². The van der Waals surface area contributed by atoms with Crippen molar-refractivity contribution in [1.29, 1.82) is 0 Å². The van der Waals surface area contributed by atoms with Gasteiger partial charge in [-0.05, 0) is 12.8 Å². The Morgan fingerprint density at radius 3 is 2.82 bits per heavy atom. The van der Waals surface area contributed by atoms with Gasteiger partial charge < -0.3 is 9.47 Å². The third-order valence-corrected chi connectivity index (χ3v) is 4.54. The average Bonchev–Trinajstić information content (AvgIpc) is 2.57. The van der Waals surface area contributed by atoms with E-state index in [1.165, 1.54) is 11.4 Å². The number of methoxy groups -OCH3 is 1. The van der Waals surface area contributed by atoms with Crippen molar-refractivity contribution in [2.45, 2.75) is 19.3 Å². The second-order valence-corrected chi connectivity index (χ2v) is 5.95. The molecule has 1 aliphatic heterocycles. The second-order valence-electron chi connectivity index (χ2n) is 3.86. The Kier molecular flexibility index (Phi) is 5.87. The fourth-order valence-electron chi connectivity index (χ4n) is 1.63. The lowest BCUT2D eigenvalue weighted by Gasteiger charge is -2.18. The molecule has 7 heteroatoms. The Labute approximate surface area is 102 Å². The van der Waals surface area contributed by atoms with Gasteiger partial charge in [-0.1, -0.05) is 0 Å². The lowest BCUT2D eigenvalue weighted by molar-refractivity contribution is -0.140. The zero-order valence-corrected chi connectivity index (χ0v) is 10.9. The van der Waals surface area contributed by atoms with E-state index >= 15 is 0 Å². The van der Waals surface area contributed by atoms with Gasteiger partial charge in [0, 0.05) is 26.1 Å². The number of carbonyl (C=O) groups is 1. The van der Waals surface area contributed by atoms with Crippen molar-refractivity contribution >= 4 is 16.0 Å². The van der Waals surface area contributed by atoms with Gasteiger partial charge in [-0.15, -0.1) is 0 Å². The monoisotopic (exact) mass is 265 g/mol. The Morgan fingerprint density at radius 1 is 1.35 bits per heavy atom. The molecule has 0 spiro atoms. The first-order chi connectivity index (χ1) is 8.06. The maximum Gasteiger partial charge on any atom is 0.305 e. The van der Waals surface area contributed by atoms with E-state index < -0.39 is 10.0 Å².